The Labute approximate surface area is 203 Å². The molecule has 3 aromatic carbocycles. The first-order chi connectivity index (χ1) is 17.3. The Morgan fingerprint density at radius 1 is 1.00 bits per heavy atom. The molecule has 0 bridgehead atoms. The zero-order valence-electron chi connectivity index (χ0n) is 18.7. The first-order valence-electron chi connectivity index (χ1n) is 11.0. The van der Waals surface area contributed by atoms with Crippen LogP contribution < -0.4 is 11.1 Å². The highest BCUT2D eigenvalue weighted by Gasteiger charge is 2.27. The number of ketones is 1. The number of fused-ring (bicyclic) bond motifs is 1. The molecule has 1 aromatic heterocycles. The Balaban J connectivity index is 1.54. The Hall–Kier alpha value is -4.15. The number of carbonyl (C=O) groups is 2. The lowest BCUT2D eigenvalue weighted by Gasteiger charge is -2.22. The normalized spacial score (nSPS) is 15.7. The zero-order chi connectivity index (χ0) is 25.4. The molecule has 3 N–H and O–H groups in total. The van der Waals surface area contributed by atoms with Gasteiger partial charge in [0.2, 0.25) is 5.91 Å². The summed E-state index contributed by atoms with van der Waals surface area (Å²) in [7, 11) is 0. The van der Waals surface area contributed by atoms with Crippen molar-refractivity contribution in [2.24, 2.45) is 5.73 Å². The highest BCUT2D eigenvalue weighted by atomic mass is 19.2. The van der Waals surface area contributed by atoms with Crippen LogP contribution in [0.3, 0.4) is 0 Å². The van der Waals surface area contributed by atoms with E-state index in [-0.39, 0.29) is 28.4 Å². The highest BCUT2D eigenvalue weighted by Crippen LogP contribution is 2.31. The number of aromatic nitrogens is 2. The molecule has 1 atom stereocenters. The number of nitrogens with zero attached hydrogens (tertiary/aromatic N) is 2. The number of hydrogen-bond donors (Lipinski definition) is 2. The number of amides is 1. The predicted octanol–water partition coefficient (Wildman–Crippen LogP) is 3.70. The van der Waals surface area contributed by atoms with Gasteiger partial charge in [0, 0.05) is 29.8 Å². The van der Waals surface area contributed by atoms with E-state index in [1.807, 2.05) is 0 Å². The summed E-state index contributed by atoms with van der Waals surface area (Å²) in [4.78, 5) is 33.5. The van der Waals surface area contributed by atoms with Crippen LogP contribution in [0.1, 0.15) is 38.1 Å². The van der Waals surface area contributed by atoms with Crippen molar-refractivity contribution in [1.29, 1.82) is 0 Å². The van der Waals surface area contributed by atoms with Crippen molar-refractivity contribution in [2.45, 2.75) is 6.10 Å². The van der Waals surface area contributed by atoms with E-state index >= 15 is 4.39 Å². The lowest BCUT2D eigenvalue weighted by atomic mass is 9.95. The number of primary amides is 1. The number of benzene rings is 3. The van der Waals surface area contributed by atoms with Gasteiger partial charge < -0.3 is 15.8 Å². The van der Waals surface area contributed by atoms with Gasteiger partial charge in [-0.25, -0.2) is 18.2 Å². The lowest BCUT2D eigenvalue weighted by molar-refractivity contribution is 0.0250. The molecule has 36 heavy (non-hydrogen) atoms. The largest absolute Gasteiger partial charge is 0.369 e. The van der Waals surface area contributed by atoms with Crippen LogP contribution >= 0.6 is 0 Å². The van der Waals surface area contributed by atoms with E-state index in [1.165, 1.54) is 48.7 Å². The van der Waals surface area contributed by atoms with Crippen LogP contribution in [0.25, 0.3) is 22.2 Å². The summed E-state index contributed by atoms with van der Waals surface area (Å²) in [5.74, 6) is -6.13. The summed E-state index contributed by atoms with van der Waals surface area (Å²) < 4.78 is 50.3. The third kappa shape index (κ3) is 4.32. The van der Waals surface area contributed by atoms with Crippen molar-refractivity contribution in [2.75, 3.05) is 19.7 Å². The molecule has 4 aromatic rings. The molecular formula is C26H19F3N4O3. The average Bonchev–Trinajstić information content (AvgIpc) is 2.90. The minimum atomic E-state index is -1.62. The van der Waals surface area contributed by atoms with Gasteiger partial charge >= 0.3 is 0 Å². The molecule has 1 aliphatic rings. The summed E-state index contributed by atoms with van der Waals surface area (Å²) in [5, 5.41) is 3.20. The van der Waals surface area contributed by atoms with Crippen molar-refractivity contribution >= 4 is 22.7 Å². The molecule has 182 valence electrons. The van der Waals surface area contributed by atoms with Crippen molar-refractivity contribution in [1.82, 2.24) is 15.3 Å². The summed E-state index contributed by atoms with van der Waals surface area (Å²) in [6, 6.07) is 10.3. The van der Waals surface area contributed by atoms with Gasteiger partial charge in [-0.2, -0.15) is 0 Å². The molecule has 0 aliphatic carbocycles. The number of morpholine rings is 1. The second kappa shape index (κ2) is 9.48. The van der Waals surface area contributed by atoms with E-state index in [9.17, 15) is 18.4 Å². The second-order valence-corrected chi connectivity index (χ2v) is 8.25. The van der Waals surface area contributed by atoms with Gasteiger partial charge in [0.05, 0.1) is 35.1 Å². The van der Waals surface area contributed by atoms with Crippen LogP contribution in [0.2, 0.25) is 0 Å². The summed E-state index contributed by atoms with van der Waals surface area (Å²) in [5.41, 5.74) is 5.23. The average molecular weight is 492 g/mol. The minimum absolute atomic E-state index is 0.0476. The molecule has 10 heteroatoms. The monoisotopic (exact) mass is 492 g/mol. The first kappa shape index (κ1) is 23.6. The number of hydrogen-bond acceptors (Lipinski definition) is 6. The molecule has 1 aliphatic heterocycles. The standard InChI is InChI=1S/C26H19F3N4O3/c27-17-10-16(13-2-1-3-15(8-13)26(30)35)23(28)22(24(17)29)25(34)14-4-5-18-19(9-14)32-11-20(33-18)21-12-31-6-7-36-21/h1-5,8-11,21,31H,6-7,12H2,(H2,30,35). The number of carbonyl (C=O) groups excluding carboxylic acids is 2. The van der Waals surface area contributed by atoms with E-state index in [0.29, 0.717) is 35.9 Å². The van der Waals surface area contributed by atoms with Crippen LogP contribution in [-0.4, -0.2) is 41.4 Å². The molecule has 2 heterocycles. The van der Waals surface area contributed by atoms with Crippen LogP contribution in [0.15, 0.2) is 54.7 Å². The van der Waals surface area contributed by atoms with Crippen LogP contribution in [0.5, 0.6) is 0 Å². The van der Waals surface area contributed by atoms with Gasteiger partial charge in [0.1, 0.15) is 11.9 Å². The van der Waals surface area contributed by atoms with E-state index in [1.54, 1.807) is 0 Å². The number of nitrogens with one attached hydrogen (secondary N) is 1. The summed E-state index contributed by atoms with van der Waals surface area (Å²) in [6.45, 7) is 1.87. The SMILES string of the molecule is NC(=O)c1cccc(-c2cc(F)c(F)c(C(=O)c3ccc4nc(C5CNCCO5)cnc4c3)c2F)c1. The van der Waals surface area contributed by atoms with Crippen molar-refractivity contribution < 1.29 is 27.5 Å². The maximum Gasteiger partial charge on any atom is 0.248 e. The van der Waals surface area contributed by atoms with Gasteiger partial charge in [-0.05, 0) is 42.0 Å². The molecule has 1 saturated heterocycles. The van der Waals surface area contributed by atoms with E-state index in [2.05, 4.69) is 15.3 Å². The Kier molecular flexibility index (Phi) is 6.21. The van der Waals surface area contributed by atoms with Crippen molar-refractivity contribution in [3.63, 3.8) is 0 Å². The van der Waals surface area contributed by atoms with Crippen LogP contribution in [-0.2, 0) is 4.74 Å². The fourth-order valence-electron chi connectivity index (χ4n) is 4.07. The molecule has 1 fully saturated rings. The molecule has 0 radical (unpaired) electrons. The van der Waals surface area contributed by atoms with Gasteiger partial charge in [-0.15, -0.1) is 0 Å². The first-order valence-corrected chi connectivity index (χ1v) is 11.0. The highest BCUT2D eigenvalue weighted by molar-refractivity contribution is 6.11. The number of halogens is 3. The quantitative estimate of drug-likeness (QED) is 0.325. The maximum atomic E-state index is 15.4. The topological polar surface area (TPSA) is 107 Å². The van der Waals surface area contributed by atoms with Crippen molar-refractivity contribution in [3.05, 3.63) is 94.6 Å². The van der Waals surface area contributed by atoms with Crippen molar-refractivity contribution in [3.8, 4) is 11.1 Å². The third-order valence-electron chi connectivity index (χ3n) is 5.92. The van der Waals surface area contributed by atoms with Gasteiger partial charge in [-0.3, -0.25) is 14.6 Å². The van der Waals surface area contributed by atoms with Crippen LogP contribution in [0.4, 0.5) is 13.2 Å². The molecule has 1 amide bonds. The second-order valence-electron chi connectivity index (χ2n) is 8.25. The van der Waals surface area contributed by atoms with Gasteiger partial charge in [0.15, 0.2) is 17.4 Å². The molecule has 5 rings (SSSR count). The fourth-order valence-corrected chi connectivity index (χ4v) is 4.07. The fraction of sp³-hybridized carbons (Fsp3) is 0.154. The van der Waals surface area contributed by atoms with E-state index in [4.69, 9.17) is 10.5 Å². The number of nitrogens with two attached hydrogens (primary N) is 1. The van der Waals surface area contributed by atoms with E-state index in [0.717, 1.165) is 6.54 Å². The number of rotatable bonds is 5. The molecule has 1 unspecified atom stereocenters. The molecule has 7 nitrogen and oxygen atoms in total. The van der Waals surface area contributed by atoms with Crippen LogP contribution in [0, 0.1) is 17.5 Å². The van der Waals surface area contributed by atoms with Gasteiger partial charge in [-0.1, -0.05) is 12.1 Å². The molecule has 0 saturated carbocycles. The summed E-state index contributed by atoms with van der Waals surface area (Å²) >= 11 is 0. The Bertz CT molecular complexity index is 1520. The maximum absolute atomic E-state index is 15.4. The Morgan fingerprint density at radius 3 is 2.58 bits per heavy atom. The van der Waals surface area contributed by atoms with Gasteiger partial charge in [0.25, 0.3) is 0 Å². The van der Waals surface area contributed by atoms with E-state index < -0.39 is 34.7 Å². The molecular weight excluding hydrogens is 473 g/mol. The third-order valence-corrected chi connectivity index (χ3v) is 5.92. The predicted molar refractivity (Wildman–Crippen MR) is 125 cm³/mol. The zero-order valence-corrected chi connectivity index (χ0v) is 18.7. The summed E-state index contributed by atoms with van der Waals surface area (Å²) in [6.07, 6.45) is 1.25. The smallest absolute Gasteiger partial charge is 0.248 e. The lowest BCUT2D eigenvalue weighted by Crippen LogP contribution is -2.33. The number of ether oxygens (including phenoxy) is 1. The molecule has 0 spiro atoms. The Morgan fingerprint density at radius 2 is 1.83 bits per heavy atom. The minimum Gasteiger partial charge on any atom is -0.369 e.